The van der Waals surface area contributed by atoms with Gasteiger partial charge in [-0.2, -0.15) is 5.10 Å². The molecular formula is C17H15ClN6O. The van der Waals surface area contributed by atoms with Gasteiger partial charge in [-0.3, -0.25) is 14.0 Å². The second-order valence-corrected chi connectivity index (χ2v) is 6.03. The topological polar surface area (TPSA) is 76.8 Å². The van der Waals surface area contributed by atoms with Crippen LogP contribution in [0.2, 0.25) is 5.02 Å². The molecule has 0 saturated carbocycles. The normalized spacial score (nSPS) is 15.5. The van der Waals surface area contributed by atoms with E-state index in [0.717, 1.165) is 11.3 Å². The number of carbonyl (C=O) groups excluding carboxylic acids is 1. The van der Waals surface area contributed by atoms with Gasteiger partial charge in [0.1, 0.15) is 11.9 Å². The molecule has 0 radical (unpaired) electrons. The molecule has 3 aromatic rings. The van der Waals surface area contributed by atoms with Crippen molar-refractivity contribution in [1.82, 2.24) is 24.6 Å². The number of hydrogen-bond acceptors (Lipinski definition) is 4. The molecule has 1 unspecified atom stereocenters. The van der Waals surface area contributed by atoms with Crippen LogP contribution in [-0.4, -0.2) is 31.4 Å². The van der Waals surface area contributed by atoms with E-state index >= 15 is 0 Å². The van der Waals surface area contributed by atoms with E-state index in [-0.39, 0.29) is 5.91 Å². The van der Waals surface area contributed by atoms with Gasteiger partial charge in [0.2, 0.25) is 5.95 Å². The van der Waals surface area contributed by atoms with E-state index in [1.807, 2.05) is 53.4 Å². The first-order valence-corrected chi connectivity index (χ1v) is 8.07. The Bertz CT molecular complexity index is 939. The van der Waals surface area contributed by atoms with E-state index in [1.165, 1.54) is 10.9 Å². The van der Waals surface area contributed by atoms with Gasteiger partial charge in [-0.05, 0) is 6.08 Å². The lowest BCUT2D eigenvalue weighted by Crippen LogP contribution is -2.41. The van der Waals surface area contributed by atoms with Gasteiger partial charge in [0.15, 0.2) is 0 Å². The first kappa shape index (κ1) is 15.5. The lowest BCUT2D eigenvalue weighted by molar-refractivity contribution is 0.0938. The summed E-state index contributed by atoms with van der Waals surface area (Å²) >= 11 is 6.01. The van der Waals surface area contributed by atoms with Gasteiger partial charge in [0.25, 0.3) is 5.91 Å². The number of rotatable bonds is 3. The Balaban J connectivity index is 1.52. The molecule has 1 aliphatic rings. The fraction of sp³-hybridized carbons (Fsp3) is 0.118. The molecule has 0 aliphatic carbocycles. The van der Waals surface area contributed by atoms with Gasteiger partial charge in [0.05, 0.1) is 16.9 Å². The number of hydrogen-bond donors (Lipinski definition) is 2. The maximum atomic E-state index is 12.4. The van der Waals surface area contributed by atoms with Gasteiger partial charge >= 0.3 is 0 Å². The lowest BCUT2D eigenvalue weighted by atomic mass is 10.2. The highest BCUT2D eigenvalue weighted by Gasteiger charge is 2.21. The average Bonchev–Trinajstić information content (AvgIpc) is 3.18. The number of halogens is 1. The largest absolute Gasteiger partial charge is 0.332 e. The summed E-state index contributed by atoms with van der Waals surface area (Å²) in [7, 11) is 1.67. The molecule has 1 aliphatic heterocycles. The second-order valence-electron chi connectivity index (χ2n) is 5.62. The van der Waals surface area contributed by atoms with Gasteiger partial charge in [-0.1, -0.05) is 41.9 Å². The minimum atomic E-state index is -0.392. The van der Waals surface area contributed by atoms with Gasteiger partial charge in [-0.25, -0.2) is 4.98 Å². The molecule has 1 aromatic carbocycles. The molecule has 2 N–H and O–H groups in total. The fourth-order valence-corrected chi connectivity index (χ4v) is 2.94. The summed E-state index contributed by atoms with van der Waals surface area (Å²) < 4.78 is 3.32. The van der Waals surface area contributed by atoms with Crippen LogP contribution < -0.4 is 10.6 Å². The Hall–Kier alpha value is -3.06. The standard InChI is InChI=1S/C17H15ClN6O/c1-23-15(12(18)9-19-23)16(25)21-14-7-8-24-10-13(20-17(24)22-14)11-5-3-2-4-6-11/h2-10,14H,1H3,(H,20,22)(H,21,25). The fourth-order valence-electron chi connectivity index (χ4n) is 2.69. The zero-order chi connectivity index (χ0) is 17.4. The van der Waals surface area contributed by atoms with Crippen molar-refractivity contribution in [2.24, 2.45) is 7.05 Å². The van der Waals surface area contributed by atoms with Crippen molar-refractivity contribution in [1.29, 1.82) is 0 Å². The molecule has 126 valence electrons. The molecule has 0 fully saturated rings. The van der Waals surface area contributed by atoms with Crippen LogP contribution in [0.15, 0.2) is 48.8 Å². The summed E-state index contributed by atoms with van der Waals surface area (Å²) in [6.45, 7) is 0. The van der Waals surface area contributed by atoms with E-state index in [9.17, 15) is 4.79 Å². The van der Waals surface area contributed by atoms with E-state index in [4.69, 9.17) is 11.6 Å². The number of anilines is 1. The number of nitrogens with one attached hydrogen (secondary N) is 2. The van der Waals surface area contributed by atoms with Gasteiger partial charge < -0.3 is 10.6 Å². The number of benzene rings is 1. The number of nitrogens with zero attached hydrogens (tertiary/aromatic N) is 4. The highest BCUT2D eigenvalue weighted by atomic mass is 35.5. The molecule has 0 spiro atoms. The summed E-state index contributed by atoms with van der Waals surface area (Å²) in [5.41, 5.74) is 2.20. The Morgan fingerprint density at radius 1 is 1.32 bits per heavy atom. The van der Waals surface area contributed by atoms with Crippen molar-refractivity contribution in [3.63, 3.8) is 0 Å². The van der Waals surface area contributed by atoms with Crippen LogP contribution in [0.4, 0.5) is 5.95 Å². The quantitative estimate of drug-likeness (QED) is 0.758. The number of fused-ring (bicyclic) bond motifs is 1. The predicted octanol–water partition coefficient (Wildman–Crippen LogP) is 2.59. The van der Waals surface area contributed by atoms with Crippen molar-refractivity contribution >= 4 is 29.7 Å². The third-order valence-corrected chi connectivity index (χ3v) is 4.20. The molecule has 3 heterocycles. The molecule has 25 heavy (non-hydrogen) atoms. The van der Waals surface area contributed by atoms with Crippen molar-refractivity contribution in [3.8, 4) is 11.3 Å². The first-order valence-electron chi connectivity index (χ1n) is 7.69. The number of aromatic nitrogens is 4. The first-order chi connectivity index (χ1) is 12.1. The zero-order valence-corrected chi connectivity index (χ0v) is 14.1. The van der Waals surface area contributed by atoms with Crippen LogP contribution in [0.5, 0.6) is 0 Å². The summed E-state index contributed by atoms with van der Waals surface area (Å²) in [5.74, 6) is 0.346. The van der Waals surface area contributed by atoms with Crippen LogP contribution in [0, 0.1) is 0 Å². The summed E-state index contributed by atoms with van der Waals surface area (Å²) in [5, 5.41) is 10.3. The van der Waals surface area contributed by atoms with E-state index in [0.29, 0.717) is 16.7 Å². The highest BCUT2D eigenvalue weighted by molar-refractivity contribution is 6.33. The van der Waals surface area contributed by atoms with Crippen LogP contribution in [-0.2, 0) is 7.05 Å². The Labute approximate surface area is 148 Å². The minimum absolute atomic E-state index is 0.310. The Kier molecular flexibility index (Phi) is 3.77. The predicted molar refractivity (Wildman–Crippen MR) is 96.1 cm³/mol. The number of amides is 1. The van der Waals surface area contributed by atoms with Crippen molar-refractivity contribution in [3.05, 3.63) is 59.5 Å². The zero-order valence-electron chi connectivity index (χ0n) is 13.3. The molecular weight excluding hydrogens is 340 g/mol. The van der Waals surface area contributed by atoms with Crippen molar-refractivity contribution in [2.45, 2.75) is 6.17 Å². The molecule has 0 saturated heterocycles. The molecule has 7 nitrogen and oxygen atoms in total. The average molecular weight is 355 g/mol. The highest BCUT2D eigenvalue weighted by Crippen LogP contribution is 2.23. The van der Waals surface area contributed by atoms with Crippen LogP contribution in [0.25, 0.3) is 17.5 Å². The lowest BCUT2D eigenvalue weighted by Gasteiger charge is -2.21. The monoisotopic (exact) mass is 354 g/mol. The smallest absolute Gasteiger partial charge is 0.272 e. The molecule has 8 heteroatoms. The Morgan fingerprint density at radius 2 is 2.12 bits per heavy atom. The molecule has 2 aromatic heterocycles. The van der Waals surface area contributed by atoms with Gasteiger partial charge in [-0.15, -0.1) is 0 Å². The SMILES string of the molecule is Cn1ncc(Cl)c1C(=O)NC1C=Cn2cc(-c3ccccc3)nc2N1. The van der Waals surface area contributed by atoms with Crippen molar-refractivity contribution < 1.29 is 4.79 Å². The second kappa shape index (κ2) is 6.10. The van der Waals surface area contributed by atoms with E-state index in [2.05, 4.69) is 20.7 Å². The third-order valence-electron chi connectivity index (χ3n) is 3.92. The van der Waals surface area contributed by atoms with Crippen LogP contribution in [0.1, 0.15) is 10.5 Å². The van der Waals surface area contributed by atoms with Crippen LogP contribution in [0.3, 0.4) is 0 Å². The maximum absolute atomic E-state index is 12.4. The summed E-state index contributed by atoms with van der Waals surface area (Å²) in [6, 6.07) is 9.91. The van der Waals surface area contributed by atoms with Crippen molar-refractivity contribution in [2.75, 3.05) is 5.32 Å². The summed E-state index contributed by atoms with van der Waals surface area (Å²) in [6.07, 6.45) is 6.69. The number of aryl methyl sites for hydroxylation is 1. The molecule has 1 amide bonds. The third kappa shape index (κ3) is 2.89. The van der Waals surface area contributed by atoms with Gasteiger partial charge in [0, 0.05) is 25.0 Å². The molecule has 0 bridgehead atoms. The Morgan fingerprint density at radius 3 is 2.84 bits per heavy atom. The van der Waals surface area contributed by atoms with Crippen LogP contribution >= 0.6 is 11.6 Å². The minimum Gasteiger partial charge on any atom is -0.332 e. The maximum Gasteiger partial charge on any atom is 0.272 e. The van der Waals surface area contributed by atoms with E-state index in [1.54, 1.807) is 7.05 Å². The molecule has 4 rings (SSSR count). The van der Waals surface area contributed by atoms with E-state index < -0.39 is 6.17 Å². The summed E-state index contributed by atoms with van der Waals surface area (Å²) in [4.78, 5) is 17.0. The number of imidazole rings is 1. The number of carbonyl (C=O) groups is 1. The molecule has 1 atom stereocenters.